The number of hydrogen-bond acceptors (Lipinski definition) is 4. The molecule has 1 aromatic carbocycles. The quantitative estimate of drug-likeness (QED) is 0.489. The van der Waals surface area contributed by atoms with E-state index in [1.165, 1.54) is 0 Å². The van der Waals surface area contributed by atoms with Crippen LogP contribution >= 0.6 is 0 Å². The number of amides is 1. The zero-order chi connectivity index (χ0) is 10.6. The van der Waals surface area contributed by atoms with Crippen molar-refractivity contribution in [3.63, 3.8) is 0 Å². The van der Waals surface area contributed by atoms with Gasteiger partial charge in [-0.3, -0.25) is 4.79 Å². The van der Waals surface area contributed by atoms with Crippen LogP contribution in [0.3, 0.4) is 0 Å². The largest absolute Gasteiger partial charge is 0.399 e. The fourth-order valence-corrected chi connectivity index (χ4v) is 0.934. The maximum Gasteiger partial charge on any atom is 0.243 e. The van der Waals surface area contributed by atoms with E-state index in [9.17, 15) is 4.79 Å². The standard InChI is InChI=1S/C9H13N3O2/c10-6-2-1-3-7(4-6)12-9(14)8(11)5-13/h1-4,8,13H,5,10-11H2,(H,12,14). The first-order valence-electron chi connectivity index (χ1n) is 4.16. The molecule has 0 aliphatic heterocycles. The Morgan fingerprint density at radius 3 is 2.86 bits per heavy atom. The molecule has 76 valence electrons. The first-order chi connectivity index (χ1) is 6.63. The lowest BCUT2D eigenvalue weighted by molar-refractivity contribution is -0.118. The first kappa shape index (κ1) is 10.5. The van der Waals surface area contributed by atoms with Crippen LogP contribution in [0.25, 0.3) is 0 Å². The molecule has 0 heterocycles. The summed E-state index contributed by atoms with van der Waals surface area (Å²) in [6, 6.07) is 5.83. The second-order valence-corrected chi connectivity index (χ2v) is 2.90. The van der Waals surface area contributed by atoms with E-state index in [-0.39, 0.29) is 6.61 Å². The summed E-state index contributed by atoms with van der Waals surface area (Å²) < 4.78 is 0. The van der Waals surface area contributed by atoms with Gasteiger partial charge in [-0.15, -0.1) is 0 Å². The lowest BCUT2D eigenvalue weighted by Crippen LogP contribution is -2.38. The van der Waals surface area contributed by atoms with Crippen LogP contribution in [-0.4, -0.2) is 23.7 Å². The van der Waals surface area contributed by atoms with Crippen molar-refractivity contribution in [3.05, 3.63) is 24.3 Å². The highest BCUT2D eigenvalue weighted by Crippen LogP contribution is 2.11. The Kier molecular flexibility index (Phi) is 3.44. The maximum atomic E-state index is 11.2. The van der Waals surface area contributed by atoms with Crippen molar-refractivity contribution in [3.8, 4) is 0 Å². The second-order valence-electron chi connectivity index (χ2n) is 2.90. The highest BCUT2D eigenvalue weighted by molar-refractivity contribution is 5.95. The van der Waals surface area contributed by atoms with E-state index in [4.69, 9.17) is 16.6 Å². The van der Waals surface area contributed by atoms with Gasteiger partial charge in [0.25, 0.3) is 0 Å². The Bertz CT molecular complexity index is 328. The highest BCUT2D eigenvalue weighted by Gasteiger charge is 2.11. The molecule has 0 aliphatic rings. The molecule has 14 heavy (non-hydrogen) atoms. The smallest absolute Gasteiger partial charge is 0.243 e. The fraction of sp³-hybridized carbons (Fsp3) is 0.222. The summed E-state index contributed by atoms with van der Waals surface area (Å²) in [5.41, 5.74) is 11.9. The van der Waals surface area contributed by atoms with E-state index in [0.717, 1.165) is 0 Å². The predicted octanol–water partition coefficient (Wildman–Crippen LogP) is -0.473. The number of aliphatic hydroxyl groups is 1. The van der Waals surface area contributed by atoms with Gasteiger partial charge < -0.3 is 21.9 Å². The number of carbonyl (C=O) groups excluding carboxylic acids is 1. The van der Waals surface area contributed by atoms with E-state index < -0.39 is 11.9 Å². The monoisotopic (exact) mass is 195 g/mol. The SMILES string of the molecule is Nc1cccc(NC(=O)C(N)CO)c1. The molecule has 1 rings (SSSR count). The van der Waals surface area contributed by atoms with Gasteiger partial charge in [-0.1, -0.05) is 6.07 Å². The molecule has 0 aliphatic carbocycles. The van der Waals surface area contributed by atoms with Crippen LogP contribution in [-0.2, 0) is 4.79 Å². The van der Waals surface area contributed by atoms with Gasteiger partial charge in [-0.2, -0.15) is 0 Å². The second kappa shape index (κ2) is 4.59. The van der Waals surface area contributed by atoms with E-state index in [1.807, 2.05) is 0 Å². The minimum absolute atomic E-state index is 0.381. The number of anilines is 2. The molecule has 0 radical (unpaired) electrons. The predicted molar refractivity (Wildman–Crippen MR) is 54.5 cm³/mol. The molecule has 1 unspecified atom stereocenters. The minimum Gasteiger partial charge on any atom is -0.399 e. The van der Waals surface area contributed by atoms with Crippen molar-refractivity contribution in [1.29, 1.82) is 0 Å². The number of nitrogens with two attached hydrogens (primary N) is 2. The number of nitrogen functional groups attached to an aromatic ring is 1. The third-order valence-corrected chi connectivity index (χ3v) is 1.69. The lowest BCUT2D eigenvalue weighted by atomic mass is 10.2. The van der Waals surface area contributed by atoms with Gasteiger partial charge in [-0.05, 0) is 18.2 Å². The Labute approximate surface area is 81.7 Å². The van der Waals surface area contributed by atoms with Crippen molar-refractivity contribution >= 4 is 17.3 Å². The number of aliphatic hydroxyl groups excluding tert-OH is 1. The summed E-state index contributed by atoms with van der Waals surface area (Å²) in [4.78, 5) is 11.2. The van der Waals surface area contributed by atoms with Gasteiger partial charge in [0.1, 0.15) is 6.04 Å². The van der Waals surface area contributed by atoms with Crippen molar-refractivity contribution in [2.75, 3.05) is 17.7 Å². The van der Waals surface area contributed by atoms with Crippen molar-refractivity contribution < 1.29 is 9.90 Å². The molecule has 0 aromatic heterocycles. The Hall–Kier alpha value is -1.59. The molecule has 1 atom stereocenters. The molecule has 5 heteroatoms. The van der Waals surface area contributed by atoms with E-state index in [2.05, 4.69) is 5.32 Å². The molecule has 1 amide bonds. The molecule has 0 saturated carbocycles. The Balaban J connectivity index is 2.65. The number of hydrogen-bond donors (Lipinski definition) is 4. The highest BCUT2D eigenvalue weighted by atomic mass is 16.3. The topological polar surface area (TPSA) is 101 Å². The minimum atomic E-state index is -0.906. The molecule has 0 bridgehead atoms. The van der Waals surface area contributed by atoms with Crippen molar-refractivity contribution in [2.45, 2.75) is 6.04 Å². The van der Waals surface area contributed by atoms with Crippen LogP contribution in [0.2, 0.25) is 0 Å². The fourth-order valence-electron chi connectivity index (χ4n) is 0.934. The van der Waals surface area contributed by atoms with Gasteiger partial charge in [0.05, 0.1) is 6.61 Å². The summed E-state index contributed by atoms with van der Waals surface area (Å²) in [5, 5.41) is 11.2. The van der Waals surface area contributed by atoms with Crippen molar-refractivity contribution in [1.82, 2.24) is 0 Å². The Morgan fingerprint density at radius 1 is 1.57 bits per heavy atom. The molecule has 0 spiro atoms. The zero-order valence-electron chi connectivity index (χ0n) is 7.60. The van der Waals surface area contributed by atoms with Crippen LogP contribution in [0.15, 0.2) is 24.3 Å². The first-order valence-corrected chi connectivity index (χ1v) is 4.16. The van der Waals surface area contributed by atoms with Crippen LogP contribution in [0.4, 0.5) is 11.4 Å². The van der Waals surface area contributed by atoms with Gasteiger partial charge in [0.2, 0.25) is 5.91 Å². The van der Waals surface area contributed by atoms with Crippen LogP contribution in [0.5, 0.6) is 0 Å². The zero-order valence-corrected chi connectivity index (χ0v) is 7.60. The number of rotatable bonds is 3. The van der Waals surface area contributed by atoms with Crippen molar-refractivity contribution in [2.24, 2.45) is 5.73 Å². The van der Waals surface area contributed by atoms with Gasteiger partial charge in [-0.25, -0.2) is 0 Å². The molecule has 6 N–H and O–H groups in total. The molecular formula is C9H13N3O2. The average molecular weight is 195 g/mol. The number of benzene rings is 1. The van der Waals surface area contributed by atoms with Gasteiger partial charge >= 0.3 is 0 Å². The van der Waals surface area contributed by atoms with E-state index in [1.54, 1.807) is 24.3 Å². The summed E-state index contributed by atoms with van der Waals surface area (Å²) >= 11 is 0. The molecule has 5 nitrogen and oxygen atoms in total. The number of nitrogens with one attached hydrogen (secondary N) is 1. The molecule has 1 aromatic rings. The third-order valence-electron chi connectivity index (χ3n) is 1.69. The summed E-state index contributed by atoms with van der Waals surface area (Å²) in [6.45, 7) is -0.381. The third kappa shape index (κ3) is 2.72. The van der Waals surface area contributed by atoms with Crippen LogP contribution in [0, 0.1) is 0 Å². The average Bonchev–Trinajstić information content (AvgIpc) is 2.16. The summed E-state index contributed by atoms with van der Waals surface area (Å²) in [5.74, 6) is -0.432. The van der Waals surface area contributed by atoms with E-state index in [0.29, 0.717) is 11.4 Å². The number of carbonyl (C=O) groups is 1. The van der Waals surface area contributed by atoms with E-state index >= 15 is 0 Å². The van der Waals surface area contributed by atoms with Crippen LogP contribution < -0.4 is 16.8 Å². The van der Waals surface area contributed by atoms with Gasteiger partial charge in [0, 0.05) is 11.4 Å². The Morgan fingerprint density at radius 2 is 2.29 bits per heavy atom. The molecule has 0 saturated heterocycles. The van der Waals surface area contributed by atoms with Crippen LogP contribution in [0.1, 0.15) is 0 Å². The molecule has 0 fully saturated rings. The molecular weight excluding hydrogens is 182 g/mol. The summed E-state index contributed by atoms with van der Waals surface area (Å²) in [6.07, 6.45) is 0. The van der Waals surface area contributed by atoms with Gasteiger partial charge in [0.15, 0.2) is 0 Å². The summed E-state index contributed by atoms with van der Waals surface area (Å²) in [7, 11) is 0. The lowest BCUT2D eigenvalue weighted by Gasteiger charge is -2.09. The normalized spacial score (nSPS) is 12.1. The maximum absolute atomic E-state index is 11.2.